The molecule has 0 atom stereocenters. The number of anilines is 1. The van der Waals surface area contributed by atoms with Gasteiger partial charge in [0.05, 0.1) is 32.3 Å². The van der Waals surface area contributed by atoms with Crippen LogP contribution in [-0.4, -0.2) is 22.9 Å². The number of halogens is 2. The maximum Gasteiger partial charge on any atom is 0.271 e. The molecular weight excluding hydrogens is 403 g/mol. The predicted molar refractivity (Wildman–Crippen MR) is 100 cm³/mol. The molecular formula is C15H10Cl2N4O4S. The van der Waals surface area contributed by atoms with Gasteiger partial charge in [0.2, 0.25) is 5.13 Å². The van der Waals surface area contributed by atoms with Gasteiger partial charge in [-0.05, 0) is 18.2 Å². The van der Waals surface area contributed by atoms with E-state index in [4.69, 9.17) is 27.9 Å². The number of rotatable bonds is 5. The van der Waals surface area contributed by atoms with Crippen LogP contribution in [0.1, 0.15) is 10.4 Å². The number of nitro benzene ring substituents is 1. The van der Waals surface area contributed by atoms with Crippen molar-refractivity contribution in [3.8, 4) is 5.75 Å². The molecule has 0 fully saturated rings. The molecule has 0 saturated heterocycles. The number of aromatic nitrogens is 1. The maximum atomic E-state index is 12.3. The fraction of sp³-hybridized carbons (Fsp3) is 0.0667. The van der Waals surface area contributed by atoms with E-state index in [1.165, 1.54) is 30.6 Å². The second-order valence-electron chi connectivity index (χ2n) is 4.95. The molecule has 0 aliphatic rings. The molecule has 2 N–H and O–H groups in total. The van der Waals surface area contributed by atoms with Crippen LogP contribution in [0.3, 0.4) is 0 Å². The van der Waals surface area contributed by atoms with E-state index < -0.39 is 10.8 Å². The van der Waals surface area contributed by atoms with Crippen LogP contribution in [0, 0.1) is 10.1 Å². The van der Waals surface area contributed by atoms with Gasteiger partial charge in [0.15, 0.2) is 0 Å². The van der Waals surface area contributed by atoms with Gasteiger partial charge in [-0.1, -0.05) is 34.5 Å². The molecule has 3 rings (SSSR count). The van der Waals surface area contributed by atoms with E-state index in [1.54, 1.807) is 12.1 Å². The van der Waals surface area contributed by atoms with E-state index in [-0.39, 0.29) is 16.3 Å². The molecule has 11 heteroatoms. The molecule has 3 aromatic rings. The Hall–Kier alpha value is -2.62. The zero-order chi connectivity index (χ0) is 18.8. The highest BCUT2D eigenvalue weighted by Crippen LogP contribution is 2.37. The van der Waals surface area contributed by atoms with Crippen LogP contribution in [0.15, 0.2) is 30.3 Å². The summed E-state index contributed by atoms with van der Waals surface area (Å²) in [4.78, 5) is 26.8. The van der Waals surface area contributed by atoms with Crippen molar-refractivity contribution in [2.45, 2.75) is 0 Å². The van der Waals surface area contributed by atoms with Crippen molar-refractivity contribution in [3.05, 3.63) is 56.1 Å². The van der Waals surface area contributed by atoms with Crippen molar-refractivity contribution >= 4 is 61.5 Å². The normalized spacial score (nSPS) is 10.6. The van der Waals surface area contributed by atoms with E-state index in [1.807, 2.05) is 0 Å². The second-order valence-corrected chi connectivity index (χ2v) is 6.76. The third-order valence-electron chi connectivity index (χ3n) is 3.37. The molecule has 0 unspecified atom stereocenters. The van der Waals surface area contributed by atoms with Crippen LogP contribution >= 0.6 is 34.5 Å². The molecule has 0 bridgehead atoms. The van der Waals surface area contributed by atoms with Gasteiger partial charge in [0, 0.05) is 12.1 Å². The first-order chi connectivity index (χ1) is 12.4. The highest BCUT2D eigenvalue weighted by molar-refractivity contribution is 7.22. The fourth-order valence-corrected chi connectivity index (χ4v) is 3.46. The average Bonchev–Trinajstić information content (AvgIpc) is 3.05. The Morgan fingerprint density at radius 3 is 2.69 bits per heavy atom. The molecule has 1 amide bonds. The number of nitrogens with zero attached hydrogens (tertiary/aromatic N) is 2. The SMILES string of the molecule is COc1ccc(Cl)c2sc(NNC(=O)c3cc([N+](=O)[O-])ccc3Cl)nc12. The quantitative estimate of drug-likeness (QED) is 0.478. The number of thiazole rings is 1. The van der Waals surface area contributed by atoms with Gasteiger partial charge in [-0.25, -0.2) is 4.98 Å². The van der Waals surface area contributed by atoms with Crippen molar-refractivity contribution in [3.63, 3.8) is 0 Å². The summed E-state index contributed by atoms with van der Waals surface area (Å²) in [6.07, 6.45) is 0. The van der Waals surface area contributed by atoms with Gasteiger partial charge in [-0.15, -0.1) is 0 Å². The summed E-state index contributed by atoms with van der Waals surface area (Å²) in [5.74, 6) is -0.0993. The molecule has 1 heterocycles. The number of ether oxygens (including phenoxy) is 1. The lowest BCUT2D eigenvalue weighted by atomic mass is 10.2. The lowest BCUT2D eigenvalue weighted by Crippen LogP contribution is -2.29. The van der Waals surface area contributed by atoms with Crippen LogP contribution in [-0.2, 0) is 0 Å². The minimum Gasteiger partial charge on any atom is -0.494 e. The number of non-ortho nitro benzene ring substituents is 1. The van der Waals surface area contributed by atoms with E-state index in [0.717, 1.165) is 6.07 Å². The van der Waals surface area contributed by atoms with E-state index >= 15 is 0 Å². The van der Waals surface area contributed by atoms with Crippen molar-refractivity contribution in [2.24, 2.45) is 0 Å². The van der Waals surface area contributed by atoms with Crippen LogP contribution in [0.2, 0.25) is 10.0 Å². The van der Waals surface area contributed by atoms with Crippen molar-refractivity contribution in [1.82, 2.24) is 10.4 Å². The van der Waals surface area contributed by atoms with E-state index in [2.05, 4.69) is 15.8 Å². The van der Waals surface area contributed by atoms with Crippen LogP contribution in [0.4, 0.5) is 10.8 Å². The van der Waals surface area contributed by atoms with Gasteiger partial charge >= 0.3 is 0 Å². The molecule has 134 valence electrons. The highest BCUT2D eigenvalue weighted by atomic mass is 35.5. The van der Waals surface area contributed by atoms with Gasteiger partial charge in [0.25, 0.3) is 11.6 Å². The zero-order valence-electron chi connectivity index (χ0n) is 13.1. The van der Waals surface area contributed by atoms with Crippen LogP contribution in [0.25, 0.3) is 10.2 Å². The van der Waals surface area contributed by atoms with Crippen molar-refractivity contribution < 1.29 is 14.5 Å². The first-order valence-electron chi connectivity index (χ1n) is 7.04. The molecule has 0 aliphatic heterocycles. The standard InChI is InChI=1S/C15H10Cl2N4O4S/c1-25-11-5-4-10(17)13-12(11)18-15(26-13)20-19-14(22)8-6-7(21(23)24)2-3-9(8)16/h2-6H,1H3,(H,18,20)(H,19,22). The number of methoxy groups -OCH3 is 1. The Balaban J connectivity index is 1.82. The Morgan fingerprint density at radius 1 is 1.27 bits per heavy atom. The summed E-state index contributed by atoms with van der Waals surface area (Å²) in [5, 5.41) is 11.8. The number of hydrogen-bond acceptors (Lipinski definition) is 7. The molecule has 0 spiro atoms. The summed E-state index contributed by atoms with van der Waals surface area (Å²) in [6, 6.07) is 6.98. The first-order valence-corrected chi connectivity index (χ1v) is 8.61. The second kappa shape index (κ2) is 7.32. The first kappa shape index (κ1) is 18.2. The summed E-state index contributed by atoms with van der Waals surface area (Å²) in [5.41, 5.74) is 5.33. The highest BCUT2D eigenvalue weighted by Gasteiger charge is 2.17. The monoisotopic (exact) mass is 412 g/mol. The number of carbonyl (C=O) groups excluding carboxylic acids is 1. The summed E-state index contributed by atoms with van der Waals surface area (Å²) in [7, 11) is 1.52. The average molecular weight is 413 g/mol. The molecule has 0 saturated carbocycles. The number of benzene rings is 2. The van der Waals surface area contributed by atoms with Crippen molar-refractivity contribution in [2.75, 3.05) is 12.5 Å². The topological polar surface area (TPSA) is 106 Å². The number of nitro groups is 1. The zero-order valence-corrected chi connectivity index (χ0v) is 15.4. The molecule has 1 aromatic heterocycles. The molecule has 8 nitrogen and oxygen atoms in total. The molecule has 0 radical (unpaired) electrons. The largest absolute Gasteiger partial charge is 0.494 e. The number of hydrazine groups is 1. The third-order valence-corrected chi connectivity index (χ3v) is 5.13. The molecule has 26 heavy (non-hydrogen) atoms. The Morgan fingerprint density at radius 2 is 2.00 bits per heavy atom. The van der Waals surface area contributed by atoms with Gasteiger partial charge in [-0.2, -0.15) is 0 Å². The number of hydrogen-bond donors (Lipinski definition) is 2. The summed E-state index contributed by atoms with van der Waals surface area (Å²) < 4.78 is 5.92. The number of carbonyl (C=O) groups is 1. The third kappa shape index (κ3) is 3.50. The Bertz CT molecular complexity index is 1020. The molecule has 2 aromatic carbocycles. The lowest BCUT2D eigenvalue weighted by Gasteiger charge is -2.06. The summed E-state index contributed by atoms with van der Waals surface area (Å²) in [6.45, 7) is 0. The van der Waals surface area contributed by atoms with Crippen molar-refractivity contribution in [1.29, 1.82) is 0 Å². The lowest BCUT2D eigenvalue weighted by molar-refractivity contribution is -0.384. The van der Waals surface area contributed by atoms with Gasteiger partial charge in [-0.3, -0.25) is 25.8 Å². The number of nitrogens with one attached hydrogen (secondary N) is 2. The van der Waals surface area contributed by atoms with Crippen LogP contribution < -0.4 is 15.6 Å². The van der Waals surface area contributed by atoms with E-state index in [0.29, 0.717) is 26.1 Å². The maximum absolute atomic E-state index is 12.3. The number of amides is 1. The predicted octanol–water partition coefficient (Wildman–Crippen LogP) is 4.28. The van der Waals surface area contributed by atoms with Gasteiger partial charge < -0.3 is 4.74 Å². The number of fused-ring (bicyclic) bond motifs is 1. The minimum atomic E-state index is -0.643. The molecule has 0 aliphatic carbocycles. The fourth-order valence-electron chi connectivity index (χ4n) is 2.15. The summed E-state index contributed by atoms with van der Waals surface area (Å²) >= 11 is 13.3. The minimum absolute atomic E-state index is 0.0370. The smallest absolute Gasteiger partial charge is 0.271 e. The Kier molecular flexibility index (Phi) is 5.12. The van der Waals surface area contributed by atoms with Crippen LogP contribution in [0.5, 0.6) is 5.75 Å². The van der Waals surface area contributed by atoms with E-state index in [9.17, 15) is 14.9 Å². The van der Waals surface area contributed by atoms with Gasteiger partial charge in [0.1, 0.15) is 11.3 Å². The Labute approximate surface area is 160 Å².